The van der Waals surface area contributed by atoms with E-state index in [1.165, 1.54) is 48.5 Å². The number of allylic oxidation sites excluding steroid dienone is 1. The Morgan fingerprint density at radius 1 is 1.07 bits per heavy atom. The van der Waals surface area contributed by atoms with E-state index in [1.807, 2.05) is 6.07 Å². The van der Waals surface area contributed by atoms with Crippen LogP contribution in [0.3, 0.4) is 0 Å². The molecule has 0 heterocycles. The number of hydrogen-bond donors (Lipinski definition) is 0. The van der Waals surface area contributed by atoms with Crippen molar-refractivity contribution < 1.29 is 18.8 Å². The number of ketones is 1. The van der Waals surface area contributed by atoms with Crippen LogP contribution in [0.2, 0.25) is 0 Å². The van der Waals surface area contributed by atoms with Gasteiger partial charge in [0.25, 0.3) is 0 Å². The molecule has 0 N–H and O–H groups in total. The zero-order chi connectivity index (χ0) is 20.8. The van der Waals surface area contributed by atoms with Gasteiger partial charge in [-0.1, -0.05) is 36.4 Å². The maximum absolute atomic E-state index is 13.0. The van der Waals surface area contributed by atoms with Crippen LogP contribution in [-0.4, -0.2) is 10.7 Å². The monoisotopic (exact) mass is 388 g/mol. The highest BCUT2D eigenvalue weighted by Gasteiger charge is 2.18. The molecular formula is C22H13FN2O4. The van der Waals surface area contributed by atoms with Crippen molar-refractivity contribution in [3.8, 4) is 17.6 Å². The Bertz CT molecular complexity index is 1130. The number of nitro groups is 1. The molecule has 142 valence electrons. The molecule has 3 aromatic rings. The predicted molar refractivity (Wildman–Crippen MR) is 104 cm³/mol. The minimum absolute atomic E-state index is 0.0494. The first-order valence-electron chi connectivity index (χ1n) is 8.41. The van der Waals surface area contributed by atoms with Crippen LogP contribution in [0, 0.1) is 27.3 Å². The molecule has 0 bridgehead atoms. The maximum atomic E-state index is 13.0. The van der Waals surface area contributed by atoms with Gasteiger partial charge < -0.3 is 4.74 Å². The van der Waals surface area contributed by atoms with E-state index >= 15 is 0 Å². The summed E-state index contributed by atoms with van der Waals surface area (Å²) in [4.78, 5) is 23.3. The summed E-state index contributed by atoms with van der Waals surface area (Å²) < 4.78 is 18.5. The van der Waals surface area contributed by atoms with Crippen LogP contribution in [0.1, 0.15) is 15.9 Å². The number of rotatable bonds is 6. The Hall–Kier alpha value is -4.31. The lowest BCUT2D eigenvalue weighted by Gasteiger charge is -2.07. The third-order valence-corrected chi connectivity index (χ3v) is 3.93. The lowest BCUT2D eigenvalue weighted by Crippen LogP contribution is -2.01. The van der Waals surface area contributed by atoms with Gasteiger partial charge in [0.05, 0.1) is 4.92 Å². The summed E-state index contributed by atoms with van der Waals surface area (Å²) in [5.41, 5.74) is 0.125. The quantitative estimate of drug-likeness (QED) is 0.187. The number of carbonyl (C=O) groups is 1. The molecule has 6 nitrogen and oxygen atoms in total. The van der Waals surface area contributed by atoms with Gasteiger partial charge in [0, 0.05) is 11.6 Å². The molecule has 3 rings (SSSR count). The molecule has 0 amide bonds. The van der Waals surface area contributed by atoms with E-state index in [0.717, 1.165) is 0 Å². The highest BCUT2D eigenvalue weighted by molar-refractivity contribution is 6.14. The molecule has 0 aromatic heterocycles. The van der Waals surface area contributed by atoms with Crippen molar-refractivity contribution in [2.75, 3.05) is 0 Å². The average molecular weight is 388 g/mol. The smallest absolute Gasteiger partial charge is 0.312 e. The Balaban J connectivity index is 1.94. The normalized spacial score (nSPS) is 10.8. The van der Waals surface area contributed by atoms with Crippen molar-refractivity contribution in [2.45, 2.75) is 0 Å². The highest BCUT2D eigenvalue weighted by atomic mass is 19.1. The number of carbonyl (C=O) groups excluding carboxylic acids is 1. The number of nitrogens with zero attached hydrogens (tertiary/aromatic N) is 2. The molecule has 0 unspecified atom stereocenters. The first kappa shape index (κ1) is 19.5. The summed E-state index contributed by atoms with van der Waals surface area (Å²) in [5, 5.41) is 20.8. The third kappa shape index (κ3) is 4.70. The minimum Gasteiger partial charge on any atom is -0.450 e. The molecule has 0 radical (unpaired) electrons. The molecule has 0 aliphatic heterocycles. The average Bonchev–Trinajstić information content (AvgIpc) is 2.74. The maximum Gasteiger partial charge on any atom is 0.312 e. The van der Waals surface area contributed by atoms with Crippen LogP contribution < -0.4 is 4.74 Å². The number of benzene rings is 3. The largest absolute Gasteiger partial charge is 0.450 e. The molecule has 0 saturated carbocycles. The van der Waals surface area contributed by atoms with E-state index in [4.69, 9.17) is 4.74 Å². The second kappa shape index (κ2) is 8.59. The summed E-state index contributed by atoms with van der Waals surface area (Å²) in [7, 11) is 0. The fraction of sp³-hybridized carbons (Fsp3) is 0. The lowest BCUT2D eigenvalue weighted by molar-refractivity contribution is -0.385. The number of nitro benzene ring substituents is 1. The molecule has 7 heteroatoms. The van der Waals surface area contributed by atoms with Crippen molar-refractivity contribution in [1.29, 1.82) is 5.26 Å². The number of ether oxygens (including phenoxy) is 1. The summed E-state index contributed by atoms with van der Waals surface area (Å²) in [6.07, 6.45) is 1.28. The van der Waals surface area contributed by atoms with Crippen LogP contribution in [0.25, 0.3) is 6.08 Å². The van der Waals surface area contributed by atoms with Crippen molar-refractivity contribution in [1.82, 2.24) is 0 Å². The van der Waals surface area contributed by atoms with Crippen molar-refractivity contribution in [2.24, 2.45) is 0 Å². The topological polar surface area (TPSA) is 93.2 Å². The number of nitriles is 1. The number of hydrogen-bond acceptors (Lipinski definition) is 5. The van der Waals surface area contributed by atoms with Crippen molar-refractivity contribution in [3.05, 3.63) is 105 Å². The molecule has 0 saturated heterocycles. The zero-order valence-electron chi connectivity index (χ0n) is 14.9. The Labute approximate surface area is 165 Å². The Morgan fingerprint density at radius 3 is 2.38 bits per heavy atom. The fourth-order valence-corrected chi connectivity index (χ4v) is 2.54. The molecule has 0 atom stereocenters. The molecule has 0 aliphatic rings. The van der Waals surface area contributed by atoms with Gasteiger partial charge in [0.15, 0.2) is 0 Å². The van der Waals surface area contributed by atoms with Crippen molar-refractivity contribution >= 4 is 17.5 Å². The molecule has 0 fully saturated rings. The summed E-state index contributed by atoms with van der Waals surface area (Å²) in [5.74, 6) is -0.761. The van der Waals surface area contributed by atoms with E-state index in [-0.39, 0.29) is 22.8 Å². The predicted octanol–water partition coefficient (Wildman–Crippen LogP) is 5.32. The van der Waals surface area contributed by atoms with Gasteiger partial charge in [0.2, 0.25) is 11.5 Å². The first-order chi connectivity index (χ1) is 14.0. The van der Waals surface area contributed by atoms with Gasteiger partial charge in [-0.2, -0.15) is 5.26 Å². The summed E-state index contributed by atoms with van der Waals surface area (Å²) in [6.45, 7) is 0. The van der Waals surface area contributed by atoms with Gasteiger partial charge >= 0.3 is 5.69 Å². The van der Waals surface area contributed by atoms with Crippen LogP contribution in [0.5, 0.6) is 11.5 Å². The van der Waals surface area contributed by atoms with Crippen LogP contribution in [-0.2, 0) is 0 Å². The number of halogens is 1. The standard InChI is InChI=1S/C22H13FN2O4/c23-18-7-9-19(10-8-18)29-21-11-6-15(13-20(21)25(27)28)12-17(14-24)22(26)16-4-2-1-3-5-16/h1-13H/b17-12-. The molecule has 3 aromatic carbocycles. The third-order valence-electron chi connectivity index (χ3n) is 3.93. The molecular weight excluding hydrogens is 375 g/mol. The van der Waals surface area contributed by atoms with E-state index in [1.54, 1.807) is 30.3 Å². The van der Waals surface area contributed by atoms with Gasteiger partial charge in [-0.15, -0.1) is 0 Å². The van der Waals surface area contributed by atoms with Crippen molar-refractivity contribution in [3.63, 3.8) is 0 Å². The minimum atomic E-state index is -0.638. The molecule has 0 aliphatic carbocycles. The van der Waals surface area contributed by atoms with Gasteiger partial charge in [-0.3, -0.25) is 14.9 Å². The molecule has 0 spiro atoms. The zero-order valence-corrected chi connectivity index (χ0v) is 14.9. The van der Waals surface area contributed by atoms with Crippen LogP contribution >= 0.6 is 0 Å². The van der Waals surface area contributed by atoms with Gasteiger partial charge in [-0.25, -0.2) is 4.39 Å². The van der Waals surface area contributed by atoms with E-state index in [2.05, 4.69) is 0 Å². The Kier molecular flexibility index (Phi) is 5.76. The van der Waals surface area contributed by atoms with Gasteiger partial charge in [-0.05, 0) is 42.0 Å². The SMILES string of the molecule is N#C/C(=C/c1ccc(Oc2ccc(F)cc2)c([N+](=O)[O-])c1)C(=O)c1ccccc1. The van der Waals surface area contributed by atoms with E-state index in [0.29, 0.717) is 11.1 Å². The lowest BCUT2D eigenvalue weighted by atomic mass is 10.0. The first-order valence-corrected chi connectivity index (χ1v) is 8.41. The number of Topliss-reactive ketones (excluding diaryl/α,β-unsaturated/α-hetero) is 1. The van der Waals surface area contributed by atoms with E-state index in [9.17, 15) is 24.6 Å². The summed E-state index contributed by atoms with van der Waals surface area (Å²) >= 11 is 0. The Morgan fingerprint density at radius 2 is 1.76 bits per heavy atom. The van der Waals surface area contributed by atoms with Crippen LogP contribution in [0.4, 0.5) is 10.1 Å². The molecule has 29 heavy (non-hydrogen) atoms. The second-order valence-electron chi connectivity index (χ2n) is 5.91. The van der Waals surface area contributed by atoms with Gasteiger partial charge in [0.1, 0.15) is 23.2 Å². The fourth-order valence-electron chi connectivity index (χ4n) is 2.54. The second-order valence-corrected chi connectivity index (χ2v) is 5.91. The summed E-state index contributed by atoms with van der Waals surface area (Å²) in [6, 6.07) is 19.2. The van der Waals surface area contributed by atoms with E-state index < -0.39 is 16.5 Å². The highest BCUT2D eigenvalue weighted by Crippen LogP contribution is 2.33. The van der Waals surface area contributed by atoms with Crippen LogP contribution in [0.15, 0.2) is 78.4 Å².